The van der Waals surface area contributed by atoms with Crippen molar-refractivity contribution in [2.75, 3.05) is 7.11 Å². The number of fused-ring (bicyclic) bond motifs is 1. The van der Waals surface area contributed by atoms with Crippen molar-refractivity contribution in [1.82, 2.24) is 0 Å². The maximum absolute atomic E-state index is 13.5. The molecule has 1 unspecified atom stereocenters. The molecule has 1 N–H and O–H groups in total. The smallest absolute Gasteiger partial charge is 0.313 e. The maximum Gasteiger partial charge on any atom is 0.313 e. The molecule has 0 heterocycles. The molecule has 2 saturated carbocycles. The van der Waals surface area contributed by atoms with Gasteiger partial charge in [0.15, 0.2) is 0 Å². The second kappa shape index (κ2) is 4.69. The van der Waals surface area contributed by atoms with Gasteiger partial charge in [0.05, 0.1) is 18.6 Å². The Hall–Kier alpha value is -0.710. The lowest BCUT2D eigenvalue weighted by Gasteiger charge is -2.34. The Kier molecular flexibility index (Phi) is 3.62. The minimum Gasteiger partial charge on any atom is -0.469 e. The molecule has 2 rings (SSSR count). The third-order valence-corrected chi connectivity index (χ3v) is 4.98. The highest BCUT2D eigenvalue weighted by atomic mass is 19.3. The van der Waals surface area contributed by atoms with Gasteiger partial charge in [0, 0.05) is 12.8 Å². The second-order valence-corrected chi connectivity index (χ2v) is 6.59. The zero-order valence-corrected chi connectivity index (χ0v) is 11.7. The largest absolute Gasteiger partial charge is 0.469 e. The van der Waals surface area contributed by atoms with Crippen LogP contribution in [0.5, 0.6) is 0 Å². The van der Waals surface area contributed by atoms with Gasteiger partial charge in [-0.1, -0.05) is 0 Å². The van der Waals surface area contributed by atoms with Gasteiger partial charge in [-0.15, -0.1) is 0 Å². The Morgan fingerprint density at radius 2 is 2.00 bits per heavy atom. The topological polar surface area (TPSA) is 46.5 Å². The Balaban J connectivity index is 2.13. The number of ether oxygens (including phenoxy) is 1. The van der Waals surface area contributed by atoms with Crippen LogP contribution in [0.3, 0.4) is 0 Å². The Morgan fingerprint density at radius 1 is 1.37 bits per heavy atom. The molecule has 0 aliphatic heterocycles. The molecule has 0 radical (unpaired) electrons. The fourth-order valence-electron chi connectivity index (χ4n) is 3.88. The van der Waals surface area contributed by atoms with E-state index in [1.165, 1.54) is 7.11 Å². The maximum atomic E-state index is 13.5. The molecule has 3 nitrogen and oxygen atoms in total. The van der Waals surface area contributed by atoms with Crippen molar-refractivity contribution in [2.45, 2.75) is 51.6 Å². The van der Waals surface area contributed by atoms with Gasteiger partial charge in [-0.2, -0.15) is 0 Å². The summed E-state index contributed by atoms with van der Waals surface area (Å²) in [4.78, 5) is 11.7. The summed E-state index contributed by atoms with van der Waals surface area (Å²) in [5.74, 6) is -3.51. The summed E-state index contributed by atoms with van der Waals surface area (Å²) in [6.45, 7) is 3.23. The molecular weight excluding hydrogens is 254 g/mol. The van der Waals surface area contributed by atoms with E-state index in [0.29, 0.717) is 6.42 Å². The summed E-state index contributed by atoms with van der Waals surface area (Å²) in [6.07, 6.45) is 0.284. The number of alkyl halides is 2. The molecule has 5 heteroatoms. The summed E-state index contributed by atoms with van der Waals surface area (Å²) < 4.78 is 31.6. The molecule has 0 aromatic carbocycles. The van der Waals surface area contributed by atoms with Gasteiger partial charge in [-0.05, 0) is 44.4 Å². The zero-order valence-electron chi connectivity index (χ0n) is 11.7. The fraction of sp³-hybridized carbons (Fsp3) is 0.929. The molecule has 110 valence electrons. The average molecular weight is 276 g/mol. The molecular formula is C14H22F2O3. The standard InChI is InChI=1S/C14H22F2O3/c1-13(2,12(18)19-3)11(17)9-5-4-8-6-14(15,16)7-10(8)9/h8-11,17H,4-7H2,1-3H3/t8-,9?,10+,11-/m0/s1. The van der Waals surface area contributed by atoms with E-state index in [1.54, 1.807) is 13.8 Å². The van der Waals surface area contributed by atoms with Crippen LogP contribution in [-0.4, -0.2) is 30.2 Å². The number of hydrogen-bond acceptors (Lipinski definition) is 3. The molecule has 0 bridgehead atoms. The second-order valence-electron chi connectivity index (χ2n) is 6.59. The van der Waals surface area contributed by atoms with Crippen molar-refractivity contribution in [3.8, 4) is 0 Å². The van der Waals surface area contributed by atoms with Crippen molar-refractivity contribution in [2.24, 2.45) is 23.2 Å². The predicted octanol–water partition coefficient (Wildman–Crippen LogP) is 2.62. The van der Waals surface area contributed by atoms with Crippen LogP contribution in [0.15, 0.2) is 0 Å². The van der Waals surface area contributed by atoms with Crippen molar-refractivity contribution in [1.29, 1.82) is 0 Å². The number of aliphatic hydroxyl groups excluding tert-OH is 1. The van der Waals surface area contributed by atoms with E-state index in [-0.39, 0.29) is 30.6 Å². The lowest BCUT2D eigenvalue weighted by atomic mass is 9.75. The highest BCUT2D eigenvalue weighted by Crippen LogP contribution is 2.55. The first-order valence-electron chi connectivity index (χ1n) is 6.83. The van der Waals surface area contributed by atoms with Gasteiger partial charge < -0.3 is 9.84 Å². The molecule has 2 aliphatic carbocycles. The monoisotopic (exact) mass is 276 g/mol. The third-order valence-electron chi connectivity index (χ3n) is 4.98. The highest BCUT2D eigenvalue weighted by Gasteiger charge is 2.56. The number of rotatable bonds is 3. The van der Waals surface area contributed by atoms with E-state index < -0.39 is 23.4 Å². The number of carbonyl (C=O) groups excluding carboxylic acids is 1. The van der Waals surface area contributed by atoms with E-state index in [4.69, 9.17) is 4.74 Å². The molecule has 19 heavy (non-hydrogen) atoms. The first kappa shape index (κ1) is 14.7. The lowest BCUT2D eigenvalue weighted by Crippen LogP contribution is -2.44. The number of aliphatic hydroxyl groups is 1. The van der Waals surface area contributed by atoms with Crippen molar-refractivity contribution >= 4 is 5.97 Å². The average Bonchev–Trinajstić information content (AvgIpc) is 2.81. The molecule has 2 fully saturated rings. The molecule has 2 aliphatic rings. The Labute approximate surface area is 112 Å². The molecule has 0 spiro atoms. The van der Waals surface area contributed by atoms with Crippen molar-refractivity contribution in [3.63, 3.8) is 0 Å². The molecule has 4 atom stereocenters. The number of methoxy groups -OCH3 is 1. The SMILES string of the molecule is COC(=O)C(C)(C)[C@@H](O)C1CC[C@H]2CC(F)(F)C[C@@H]12. The number of carbonyl (C=O) groups is 1. The third kappa shape index (κ3) is 2.49. The van der Waals surface area contributed by atoms with Gasteiger partial charge in [0.25, 0.3) is 0 Å². The number of esters is 1. The van der Waals surface area contributed by atoms with Gasteiger partial charge in [-0.3, -0.25) is 4.79 Å². The van der Waals surface area contributed by atoms with E-state index >= 15 is 0 Å². The lowest BCUT2D eigenvalue weighted by molar-refractivity contribution is -0.160. The number of hydrogen-bond donors (Lipinski definition) is 1. The molecule has 0 saturated heterocycles. The molecule has 0 aromatic heterocycles. The number of halogens is 2. The Bertz CT molecular complexity index is 368. The normalized spacial score (nSPS) is 34.9. The van der Waals surface area contributed by atoms with Crippen LogP contribution in [0.25, 0.3) is 0 Å². The summed E-state index contributed by atoms with van der Waals surface area (Å²) >= 11 is 0. The van der Waals surface area contributed by atoms with Crippen LogP contribution in [0.4, 0.5) is 8.78 Å². The van der Waals surface area contributed by atoms with E-state index in [2.05, 4.69) is 0 Å². The summed E-state index contributed by atoms with van der Waals surface area (Å²) in [5.41, 5.74) is -1.05. The summed E-state index contributed by atoms with van der Waals surface area (Å²) in [6, 6.07) is 0. The molecule has 0 amide bonds. The summed E-state index contributed by atoms with van der Waals surface area (Å²) in [7, 11) is 1.28. The highest BCUT2D eigenvalue weighted by molar-refractivity contribution is 5.76. The fourth-order valence-corrected chi connectivity index (χ4v) is 3.88. The van der Waals surface area contributed by atoms with Crippen molar-refractivity contribution in [3.05, 3.63) is 0 Å². The van der Waals surface area contributed by atoms with Crippen LogP contribution >= 0.6 is 0 Å². The minimum absolute atomic E-state index is 0.0110. The van der Waals surface area contributed by atoms with Gasteiger partial charge in [0.1, 0.15) is 0 Å². The Morgan fingerprint density at radius 3 is 2.58 bits per heavy atom. The van der Waals surface area contributed by atoms with Crippen LogP contribution in [0.2, 0.25) is 0 Å². The summed E-state index contributed by atoms with van der Waals surface area (Å²) in [5, 5.41) is 10.4. The van der Waals surface area contributed by atoms with Gasteiger partial charge >= 0.3 is 5.97 Å². The predicted molar refractivity (Wildman–Crippen MR) is 65.7 cm³/mol. The van der Waals surface area contributed by atoms with Crippen molar-refractivity contribution < 1.29 is 23.4 Å². The van der Waals surface area contributed by atoms with E-state index in [1.807, 2.05) is 0 Å². The molecule has 0 aromatic rings. The quantitative estimate of drug-likeness (QED) is 0.806. The van der Waals surface area contributed by atoms with E-state index in [9.17, 15) is 18.7 Å². The van der Waals surface area contributed by atoms with E-state index in [0.717, 1.165) is 6.42 Å². The minimum atomic E-state index is -2.61. The van der Waals surface area contributed by atoms with Crippen LogP contribution in [0.1, 0.15) is 39.5 Å². The van der Waals surface area contributed by atoms with Gasteiger partial charge in [0.2, 0.25) is 5.92 Å². The van der Waals surface area contributed by atoms with Crippen LogP contribution in [-0.2, 0) is 9.53 Å². The zero-order chi connectivity index (χ0) is 14.4. The first-order valence-corrected chi connectivity index (χ1v) is 6.83. The van der Waals surface area contributed by atoms with Crippen LogP contribution < -0.4 is 0 Å². The van der Waals surface area contributed by atoms with Crippen LogP contribution in [0, 0.1) is 23.2 Å². The van der Waals surface area contributed by atoms with Gasteiger partial charge in [-0.25, -0.2) is 8.78 Å². The first-order chi connectivity index (χ1) is 8.69.